The fourth-order valence-corrected chi connectivity index (χ4v) is 3.41. The molecular weight excluding hydrogens is 376 g/mol. The molecule has 0 radical (unpaired) electrons. The van der Waals surface area contributed by atoms with Crippen LogP contribution >= 0.6 is 0 Å². The molecule has 1 aromatic carbocycles. The van der Waals surface area contributed by atoms with E-state index >= 15 is 0 Å². The van der Waals surface area contributed by atoms with Gasteiger partial charge in [-0.25, -0.2) is 0 Å². The molecule has 0 saturated heterocycles. The van der Waals surface area contributed by atoms with Gasteiger partial charge in [-0.2, -0.15) is 0 Å². The number of ether oxygens (including phenoxy) is 3. The van der Waals surface area contributed by atoms with E-state index in [1.807, 2.05) is 24.3 Å². The van der Waals surface area contributed by atoms with Crippen molar-refractivity contribution in [3.8, 4) is 5.75 Å². The first-order valence-electron chi connectivity index (χ1n) is 12.1. The minimum absolute atomic E-state index is 0.225. The summed E-state index contributed by atoms with van der Waals surface area (Å²) in [5.41, 5.74) is 0.935. The van der Waals surface area contributed by atoms with Gasteiger partial charge >= 0.3 is 5.97 Å². The summed E-state index contributed by atoms with van der Waals surface area (Å²) in [5, 5.41) is 0. The van der Waals surface area contributed by atoms with Gasteiger partial charge < -0.3 is 14.2 Å². The second kappa shape index (κ2) is 19.4. The zero-order valence-corrected chi connectivity index (χ0v) is 19.5. The molecule has 172 valence electrons. The van der Waals surface area contributed by atoms with E-state index in [1.54, 1.807) is 0 Å². The zero-order valence-electron chi connectivity index (χ0n) is 19.5. The molecule has 0 spiro atoms. The lowest BCUT2D eigenvalue weighted by molar-refractivity contribution is -0.139. The van der Waals surface area contributed by atoms with Crippen molar-refractivity contribution in [1.29, 1.82) is 0 Å². The van der Waals surface area contributed by atoms with Gasteiger partial charge in [-0.05, 0) is 37.0 Å². The van der Waals surface area contributed by atoms with Crippen molar-refractivity contribution >= 4 is 5.97 Å². The van der Waals surface area contributed by atoms with E-state index in [-0.39, 0.29) is 5.97 Å². The largest absolute Gasteiger partial charge is 0.494 e. The molecule has 0 bridgehead atoms. The van der Waals surface area contributed by atoms with Crippen LogP contribution < -0.4 is 4.74 Å². The first-order valence-corrected chi connectivity index (χ1v) is 12.1. The Morgan fingerprint density at radius 2 is 1.20 bits per heavy atom. The van der Waals surface area contributed by atoms with Gasteiger partial charge in [0, 0.05) is 13.2 Å². The van der Waals surface area contributed by atoms with Crippen LogP contribution in [0.5, 0.6) is 5.75 Å². The summed E-state index contributed by atoms with van der Waals surface area (Å²) in [5.74, 6) is 0.613. The summed E-state index contributed by atoms with van der Waals surface area (Å²) < 4.78 is 16.1. The lowest BCUT2D eigenvalue weighted by Crippen LogP contribution is -2.04. The Morgan fingerprint density at radius 3 is 1.77 bits per heavy atom. The van der Waals surface area contributed by atoms with E-state index in [1.165, 1.54) is 77.7 Å². The molecule has 4 heteroatoms. The molecule has 0 fully saturated rings. The number of hydrogen-bond donors (Lipinski definition) is 0. The Labute approximate surface area is 184 Å². The van der Waals surface area contributed by atoms with Crippen molar-refractivity contribution in [2.24, 2.45) is 0 Å². The number of benzene rings is 1. The molecule has 0 aliphatic rings. The van der Waals surface area contributed by atoms with Crippen LogP contribution in [0.2, 0.25) is 0 Å². The zero-order chi connectivity index (χ0) is 21.7. The van der Waals surface area contributed by atoms with Crippen LogP contribution in [0.4, 0.5) is 0 Å². The van der Waals surface area contributed by atoms with Crippen molar-refractivity contribution in [2.45, 2.75) is 96.8 Å². The molecule has 0 saturated carbocycles. The van der Waals surface area contributed by atoms with E-state index in [0.29, 0.717) is 13.0 Å². The van der Waals surface area contributed by atoms with Crippen molar-refractivity contribution in [2.75, 3.05) is 26.9 Å². The summed E-state index contributed by atoms with van der Waals surface area (Å²) in [7, 11) is 1.40. The summed E-state index contributed by atoms with van der Waals surface area (Å²) >= 11 is 0. The first-order chi connectivity index (χ1) is 14.8. The number of carbonyl (C=O) groups excluding carboxylic acids is 1. The number of esters is 1. The fourth-order valence-electron chi connectivity index (χ4n) is 3.41. The van der Waals surface area contributed by atoms with Crippen LogP contribution in [-0.2, 0) is 20.7 Å². The first kappa shape index (κ1) is 26.5. The molecule has 4 nitrogen and oxygen atoms in total. The maximum Gasteiger partial charge on any atom is 0.309 e. The average Bonchev–Trinajstić information content (AvgIpc) is 2.77. The number of hydrogen-bond acceptors (Lipinski definition) is 4. The fraction of sp³-hybridized carbons (Fsp3) is 0.731. The minimum atomic E-state index is -0.225. The third kappa shape index (κ3) is 15.3. The molecule has 0 aliphatic heterocycles. The van der Waals surface area contributed by atoms with Crippen molar-refractivity contribution in [3.63, 3.8) is 0 Å². The van der Waals surface area contributed by atoms with Crippen LogP contribution in [-0.4, -0.2) is 32.9 Å². The molecule has 0 unspecified atom stereocenters. The molecule has 0 N–H and O–H groups in total. The van der Waals surface area contributed by atoms with Crippen molar-refractivity contribution in [3.05, 3.63) is 29.8 Å². The number of carbonyl (C=O) groups is 1. The number of rotatable bonds is 20. The predicted molar refractivity (Wildman–Crippen MR) is 124 cm³/mol. The molecular formula is C26H44O4. The molecule has 0 aromatic heterocycles. The monoisotopic (exact) mass is 420 g/mol. The maximum absolute atomic E-state index is 11.2. The number of unbranched alkanes of at least 4 members (excludes halogenated alkanes) is 11. The lowest BCUT2D eigenvalue weighted by atomic mass is 10.1. The highest BCUT2D eigenvalue weighted by Crippen LogP contribution is 2.14. The standard InChI is InChI=1S/C26H44O4/c1-3-4-5-6-7-8-9-10-11-12-13-20-29-21-14-15-22-30-25-18-16-24(17-19-25)23-26(27)28-2/h16-19H,3-15,20-23H2,1-2H3. The summed E-state index contributed by atoms with van der Waals surface area (Å²) in [6.45, 7) is 4.67. The van der Waals surface area contributed by atoms with Crippen molar-refractivity contribution < 1.29 is 19.0 Å². The lowest BCUT2D eigenvalue weighted by Gasteiger charge is -2.08. The van der Waals surface area contributed by atoms with Crippen LogP contribution in [0.25, 0.3) is 0 Å². The molecule has 1 rings (SSSR count). The topological polar surface area (TPSA) is 44.8 Å². The van der Waals surface area contributed by atoms with Gasteiger partial charge in [-0.1, -0.05) is 83.3 Å². The van der Waals surface area contributed by atoms with Gasteiger partial charge in [0.25, 0.3) is 0 Å². The summed E-state index contributed by atoms with van der Waals surface area (Å²) in [4.78, 5) is 11.2. The van der Waals surface area contributed by atoms with Gasteiger partial charge in [-0.3, -0.25) is 4.79 Å². The second-order valence-corrected chi connectivity index (χ2v) is 8.10. The van der Waals surface area contributed by atoms with Crippen LogP contribution in [0, 0.1) is 0 Å². The Balaban J connectivity index is 1.83. The third-order valence-corrected chi connectivity index (χ3v) is 5.34. The summed E-state index contributed by atoms with van der Waals surface area (Å²) in [6, 6.07) is 7.62. The quantitative estimate of drug-likeness (QED) is 0.170. The van der Waals surface area contributed by atoms with E-state index in [4.69, 9.17) is 9.47 Å². The highest BCUT2D eigenvalue weighted by molar-refractivity contribution is 5.72. The number of methoxy groups -OCH3 is 1. The van der Waals surface area contributed by atoms with Gasteiger partial charge in [0.15, 0.2) is 0 Å². The third-order valence-electron chi connectivity index (χ3n) is 5.34. The molecule has 30 heavy (non-hydrogen) atoms. The van der Waals surface area contributed by atoms with Gasteiger partial charge in [0.05, 0.1) is 20.1 Å². The highest BCUT2D eigenvalue weighted by atomic mass is 16.5. The second-order valence-electron chi connectivity index (χ2n) is 8.10. The molecule has 0 amide bonds. The predicted octanol–water partition coefficient (Wildman–Crippen LogP) is 6.89. The van der Waals surface area contributed by atoms with E-state index < -0.39 is 0 Å². The molecule has 0 atom stereocenters. The Bertz CT molecular complexity index is 512. The highest BCUT2D eigenvalue weighted by Gasteiger charge is 2.03. The Kier molecular flexibility index (Phi) is 17.1. The van der Waals surface area contributed by atoms with Gasteiger partial charge in [0.2, 0.25) is 0 Å². The van der Waals surface area contributed by atoms with Gasteiger partial charge in [0.1, 0.15) is 5.75 Å². The molecule has 0 aliphatic carbocycles. The van der Waals surface area contributed by atoms with E-state index in [0.717, 1.165) is 37.4 Å². The minimum Gasteiger partial charge on any atom is -0.494 e. The van der Waals surface area contributed by atoms with Crippen molar-refractivity contribution in [1.82, 2.24) is 0 Å². The SMILES string of the molecule is CCCCCCCCCCCCCOCCCCOc1ccc(CC(=O)OC)cc1. The molecule has 0 heterocycles. The summed E-state index contributed by atoms with van der Waals surface area (Å²) in [6.07, 6.45) is 17.4. The van der Waals surface area contributed by atoms with Crippen LogP contribution in [0.1, 0.15) is 96.0 Å². The Morgan fingerprint density at radius 1 is 0.700 bits per heavy atom. The van der Waals surface area contributed by atoms with Gasteiger partial charge in [-0.15, -0.1) is 0 Å². The maximum atomic E-state index is 11.2. The smallest absolute Gasteiger partial charge is 0.309 e. The van der Waals surface area contributed by atoms with E-state index in [9.17, 15) is 4.79 Å². The Hall–Kier alpha value is -1.55. The van der Waals surface area contributed by atoms with Crippen LogP contribution in [0.15, 0.2) is 24.3 Å². The average molecular weight is 421 g/mol. The van der Waals surface area contributed by atoms with E-state index in [2.05, 4.69) is 11.7 Å². The molecule has 1 aromatic rings. The normalized spacial score (nSPS) is 10.9. The van der Waals surface area contributed by atoms with Crippen LogP contribution in [0.3, 0.4) is 0 Å².